The molecular weight excluding hydrogens is 168 g/mol. The van der Waals surface area contributed by atoms with Crippen LogP contribution in [0.5, 0.6) is 5.88 Å². The fourth-order valence-corrected chi connectivity index (χ4v) is 0.820. The highest BCUT2D eigenvalue weighted by molar-refractivity contribution is 5.44. The average molecular weight is 178 g/mol. The Labute approximate surface area is 76.3 Å². The Morgan fingerprint density at radius 1 is 1.54 bits per heavy atom. The monoisotopic (exact) mass is 178 g/mol. The van der Waals surface area contributed by atoms with Gasteiger partial charge in [0.2, 0.25) is 12.0 Å². The van der Waals surface area contributed by atoms with Gasteiger partial charge in [0.05, 0.1) is 6.10 Å². The minimum atomic E-state index is 0.0583. The third-order valence-corrected chi connectivity index (χ3v) is 1.23. The second-order valence-electron chi connectivity index (χ2n) is 2.70. The highest BCUT2D eigenvalue weighted by Gasteiger charge is 1.99. The Hall–Kier alpha value is -1.67. The van der Waals surface area contributed by atoms with Crippen LogP contribution in [0.3, 0.4) is 0 Å². The minimum Gasteiger partial charge on any atom is -0.475 e. The van der Waals surface area contributed by atoms with Gasteiger partial charge in [-0.1, -0.05) is 6.07 Å². The Balaban J connectivity index is 2.85. The Morgan fingerprint density at radius 2 is 2.31 bits per heavy atom. The quantitative estimate of drug-likeness (QED) is 0.524. The lowest BCUT2D eigenvalue weighted by Gasteiger charge is -2.07. The van der Waals surface area contributed by atoms with E-state index in [2.05, 4.69) is 9.98 Å². The smallest absolute Gasteiger partial charge is 0.242 e. The summed E-state index contributed by atoms with van der Waals surface area (Å²) in [7, 11) is 0. The zero-order valence-corrected chi connectivity index (χ0v) is 7.52. The number of hydrogen-bond acceptors (Lipinski definition) is 4. The van der Waals surface area contributed by atoms with E-state index in [1.165, 1.54) is 6.08 Å². The number of ether oxygens (including phenoxy) is 1. The molecule has 1 heterocycles. The van der Waals surface area contributed by atoms with E-state index in [4.69, 9.17) is 4.74 Å². The SMILES string of the molecule is CC(C)Oc1cccc(N=C=O)n1. The van der Waals surface area contributed by atoms with Gasteiger partial charge in [0, 0.05) is 6.07 Å². The van der Waals surface area contributed by atoms with Gasteiger partial charge in [-0.15, -0.1) is 4.99 Å². The van der Waals surface area contributed by atoms with Gasteiger partial charge in [0.1, 0.15) is 0 Å². The highest BCUT2D eigenvalue weighted by atomic mass is 16.5. The van der Waals surface area contributed by atoms with Crippen LogP contribution in [0.25, 0.3) is 0 Å². The Morgan fingerprint density at radius 3 is 2.92 bits per heavy atom. The van der Waals surface area contributed by atoms with Crippen molar-refractivity contribution in [3.8, 4) is 5.88 Å². The minimum absolute atomic E-state index is 0.0583. The van der Waals surface area contributed by atoms with Gasteiger partial charge in [-0.25, -0.2) is 4.79 Å². The molecular formula is C9H10N2O2. The van der Waals surface area contributed by atoms with Gasteiger partial charge >= 0.3 is 0 Å². The molecule has 0 aliphatic heterocycles. The average Bonchev–Trinajstić information content (AvgIpc) is 2.04. The van der Waals surface area contributed by atoms with E-state index in [1.54, 1.807) is 18.2 Å². The maximum atomic E-state index is 9.94. The molecule has 1 aromatic rings. The predicted octanol–water partition coefficient (Wildman–Crippen LogP) is 1.84. The standard InChI is InChI=1S/C9H10N2O2/c1-7(2)13-9-5-3-4-8(11-9)10-6-12/h3-5,7H,1-2H3. The van der Waals surface area contributed by atoms with Crippen LogP contribution >= 0.6 is 0 Å². The van der Waals surface area contributed by atoms with Crippen molar-refractivity contribution in [3.63, 3.8) is 0 Å². The maximum absolute atomic E-state index is 9.94. The van der Waals surface area contributed by atoms with Crippen LogP contribution in [0.2, 0.25) is 0 Å². The van der Waals surface area contributed by atoms with Crippen LogP contribution in [0.1, 0.15) is 13.8 Å². The summed E-state index contributed by atoms with van der Waals surface area (Å²) in [6, 6.07) is 5.04. The van der Waals surface area contributed by atoms with E-state index in [0.717, 1.165) is 0 Å². The molecule has 68 valence electrons. The number of aliphatic imine (C=N–C) groups is 1. The van der Waals surface area contributed by atoms with E-state index in [-0.39, 0.29) is 6.10 Å². The predicted molar refractivity (Wildman–Crippen MR) is 47.8 cm³/mol. The maximum Gasteiger partial charge on any atom is 0.242 e. The van der Waals surface area contributed by atoms with Crippen molar-refractivity contribution >= 4 is 11.9 Å². The summed E-state index contributed by atoms with van der Waals surface area (Å²) >= 11 is 0. The van der Waals surface area contributed by atoms with E-state index in [1.807, 2.05) is 13.8 Å². The fourth-order valence-electron chi connectivity index (χ4n) is 0.820. The molecule has 1 aromatic heterocycles. The number of isocyanates is 1. The first-order chi connectivity index (χ1) is 6.22. The molecule has 0 amide bonds. The first kappa shape index (κ1) is 9.42. The molecule has 4 nitrogen and oxygen atoms in total. The van der Waals surface area contributed by atoms with Gasteiger partial charge in [-0.2, -0.15) is 4.98 Å². The van der Waals surface area contributed by atoms with Gasteiger partial charge in [-0.3, -0.25) is 0 Å². The highest BCUT2D eigenvalue weighted by Crippen LogP contribution is 2.14. The summed E-state index contributed by atoms with van der Waals surface area (Å²) < 4.78 is 5.30. The second kappa shape index (κ2) is 4.38. The lowest BCUT2D eigenvalue weighted by molar-refractivity contribution is 0.233. The zero-order valence-electron chi connectivity index (χ0n) is 7.52. The van der Waals surface area contributed by atoms with Crippen LogP contribution in [-0.4, -0.2) is 17.2 Å². The van der Waals surface area contributed by atoms with Crippen molar-refractivity contribution in [2.24, 2.45) is 4.99 Å². The molecule has 13 heavy (non-hydrogen) atoms. The number of aromatic nitrogens is 1. The molecule has 1 rings (SSSR count). The van der Waals surface area contributed by atoms with Gasteiger partial charge in [0.25, 0.3) is 0 Å². The van der Waals surface area contributed by atoms with Crippen molar-refractivity contribution in [2.45, 2.75) is 20.0 Å². The number of nitrogens with zero attached hydrogens (tertiary/aromatic N) is 2. The van der Waals surface area contributed by atoms with Crippen LogP contribution < -0.4 is 4.74 Å². The molecule has 0 aromatic carbocycles. The van der Waals surface area contributed by atoms with E-state index >= 15 is 0 Å². The van der Waals surface area contributed by atoms with E-state index in [9.17, 15) is 4.79 Å². The molecule has 0 bridgehead atoms. The van der Waals surface area contributed by atoms with Crippen LogP contribution in [0.15, 0.2) is 23.2 Å². The normalized spacial score (nSPS) is 9.46. The molecule has 4 heteroatoms. The third kappa shape index (κ3) is 3.05. The number of pyridine rings is 1. The fraction of sp³-hybridized carbons (Fsp3) is 0.333. The second-order valence-corrected chi connectivity index (χ2v) is 2.70. The van der Waals surface area contributed by atoms with Crippen molar-refractivity contribution in [1.29, 1.82) is 0 Å². The largest absolute Gasteiger partial charge is 0.475 e. The van der Waals surface area contributed by atoms with Crippen molar-refractivity contribution in [1.82, 2.24) is 4.98 Å². The molecule has 0 radical (unpaired) electrons. The summed E-state index contributed by atoms with van der Waals surface area (Å²) in [5.41, 5.74) is 0. The molecule has 0 aliphatic rings. The topological polar surface area (TPSA) is 51.5 Å². The van der Waals surface area contributed by atoms with Crippen molar-refractivity contribution in [3.05, 3.63) is 18.2 Å². The summed E-state index contributed by atoms with van der Waals surface area (Å²) in [6.45, 7) is 3.80. The first-order valence-corrected chi connectivity index (χ1v) is 3.94. The van der Waals surface area contributed by atoms with Crippen LogP contribution in [0.4, 0.5) is 5.82 Å². The number of rotatable bonds is 3. The van der Waals surface area contributed by atoms with Gasteiger partial charge < -0.3 is 4.74 Å². The molecule has 0 unspecified atom stereocenters. The van der Waals surface area contributed by atoms with E-state index < -0.39 is 0 Å². The summed E-state index contributed by atoms with van der Waals surface area (Å²) in [4.78, 5) is 17.3. The number of carbonyl (C=O) groups excluding carboxylic acids is 1. The third-order valence-electron chi connectivity index (χ3n) is 1.23. The Kier molecular flexibility index (Phi) is 3.17. The molecule has 0 saturated carbocycles. The Bertz CT molecular complexity index is 330. The summed E-state index contributed by atoms with van der Waals surface area (Å²) in [6.07, 6.45) is 1.48. The van der Waals surface area contributed by atoms with Crippen molar-refractivity contribution in [2.75, 3.05) is 0 Å². The molecule has 0 saturated heterocycles. The van der Waals surface area contributed by atoms with Crippen LogP contribution in [-0.2, 0) is 4.79 Å². The molecule has 0 atom stereocenters. The summed E-state index contributed by atoms with van der Waals surface area (Å²) in [5, 5.41) is 0. The molecule has 0 spiro atoms. The van der Waals surface area contributed by atoms with E-state index in [0.29, 0.717) is 11.7 Å². The molecule has 0 aliphatic carbocycles. The lowest BCUT2D eigenvalue weighted by atomic mass is 10.4. The molecule has 0 fully saturated rings. The van der Waals surface area contributed by atoms with Gasteiger partial charge in [-0.05, 0) is 19.9 Å². The van der Waals surface area contributed by atoms with Gasteiger partial charge in [0.15, 0.2) is 5.82 Å². The molecule has 0 N–H and O–H groups in total. The first-order valence-electron chi connectivity index (χ1n) is 3.94. The summed E-state index contributed by atoms with van der Waals surface area (Å²) in [5.74, 6) is 0.777. The number of hydrogen-bond donors (Lipinski definition) is 0. The lowest BCUT2D eigenvalue weighted by Crippen LogP contribution is -2.06. The zero-order chi connectivity index (χ0) is 9.68. The van der Waals surface area contributed by atoms with Crippen LogP contribution in [0, 0.1) is 0 Å². The van der Waals surface area contributed by atoms with Crippen molar-refractivity contribution < 1.29 is 9.53 Å².